The summed E-state index contributed by atoms with van der Waals surface area (Å²) in [5.41, 5.74) is 1.51. The van der Waals surface area contributed by atoms with E-state index in [9.17, 15) is 13.2 Å². The Hall–Kier alpha value is -3.54. The van der Waals surface area contributed by atoms with Crippen LogP contribution < -0.4 is 10.3 Å². The Morgan fingerprint density at radius 3 is 2.71 bits per heavy atom. The van der Waals surface area contributed by atoms with Crippen LogP contribution in [-0.4, -0.2) is 48.9 Å². The van der Waals surface area contributed by atoms with Gasteiger partial charge in [0.25, 0.3) is 15.6 Å². The first-order valence-electron chi connectivity index (χ1n) is 9.70. The molecular formula is C19H21N7O4S. The molecule has 0 aliphatic heterocycles. The molecule has 0 fully saturated rings. The minimum atomic E-state index is -3.97. The smallest absolute Gasteiger partial charge is 0.284 e. The van der Waals surface area contributed by atoms with Crippen molar-refractivity contribution in [1.29, 1.82) is 0 Å². The van der Waals surface area contributed by atoms with E-state index >= 15 is 0 Å². The molecule has 0 atom stereocenters. The van der Waals surface area contributed by atoms with Crippen LogP contribution in [0.3, 0.4) is 0 Å². The van der Waals surface area contributed by atoms with E-state index in [1.54, 1.807) is 7.05 Å². The number of rotatable bonds is 7. The number of hydrogen-bond acceptors (Lipinski definition) is 8. The molecule has 12 heteroatoms. The minimum absolute atomic E-state index is 0.0424. The van der Waals surface area contributed by atoms with Crippen LogP contribution in [0.2, 0.25) is 0 Å². The first kappa shape index (κ1) is 20.7. The molecule has 0 amide bonds. The molecule has 1 aromatic carbocycles. The number of benzene rings is 1. The summed E-state index contributed by atoms with van der Waals surface area (Å²) in [5, 5.41) is 8.13. The van der Waals surface area contributed by atoms with Gasteiger partial charge < -0.3 is 9.72 Å². The Labute approximate surface area is 177 Å². The molecule has 1 N–H and O–H groups in total. The van der Waals surface area contributed by atoms with Crippen LogP contribution in [-0.2, 0) is 23.5 Å². The fraction of sp³-hybridized carbons (Fsp3) is 0.316. The van der Waals surface area contributed by atoms with Crippen molar-refractivity contribution in [3.8, 4) is 17.1 Å². The molecule has 0 unspecified atom stereocenters. The van der Waals surface area contributed by atoms with Gasteiger partial charge >= 0.3 is 0 Å². The third-order valence-corrected chi connectivity index (χ3v) is 6.23. The number of aromatic nitrogens is 7. The maximum atomic E-state index is 12.9. The Balaban J connectivity index is 1.95. The number of aryl methyl sites for hydroxylation is 2. The van der Waals surface area contributed by atoms with Crippen LogP contribution in [0.5, 0.6) is 5.75 Å². The lowest BCUT2D eigenvalue weighted by Crippen LogP contribution is -2.15. The Morgan fingerprint density at radius 1 is 1.23 bits per heavy atom. The van der Waals surface area contributed by atoms with Crippen LogP contribution in [0.25, 0.3) is 22.4 Å². The zero-order chi connectivity index (χ0) is 22.2. The van der Waals surface area contributed by atoms with Gasteiger partial charge in [-0.2, -0.15) is 13.5 Å². The van der Waals surface area contributed by atoms with Gasteiger partial charge in [0.1, 0.15) is 29.7 Å². The highest BCUT2D eigenvalue weighted by Gasteiger charge is 2.22. The quantitative estimate of drug-likeness (QED) is 0.454. The normalized spacial score (nSPS) is 11.8. The van der Waals surface area contributed by atoms with Crippen LogP contribution in [0.15, 0.2) is 40.5 Å². The summed E-state index contributed by atoms with van der Waals surface area (Å²) < 4.78 is 33.7. The van der Waals surface area contributed by atoms with E-state index in [4.69, 9.17) is 4.74 Å². The fourth-order valence-electron chi connectivity index (χ4n) is 3.35. The maximum Gasteiger partial charge on any atom is 0.284 e. The summed E-state index contributed by atoms with van der Waals surface area (Å²) in [6.45, 7) is 4.17. The first-order valence-corrected chi connectivity index (χ1v) is 11.1. The second-order valence-electron chi connectivity index (χ2n) is 6.80. The van der Waals surface area contributed by atoms with Gasteiger partial charge in [0.15, 0.2) is 5.52 Å². The van der Waals surface area contributed by atoms with Crippen molar-refractivity contribution in [1.82, 2.24) is 33.9 Å². The van der Waals surface area contributed by atoms with Crippen LogP contribution in [0, 0.1) is 0 Å². The second kappa shape index (κ2) is 7.95. The number of nitrogens with one attached hydrogen (secondary N) is 1. The average Bonchev–Trinajstić information content (AvgIpc) is 3.38. The lowest BCUT2D eigenvalue weighted by molar-refractivity contribution is 0.341. The van der Waals surface area contributed by atoms with E-state index in [1.165, 1.54) is 22.9 Å². The van der Waals surface area contributed by atoms with E-state index < -0.39 is 10.0 Å². The number of ether oxygens (including phenoxy) is 1. The summed E-state index contributed by atoms with van der Waals surface area (Å²) in [4.78, 5) is 23.8. The topological polar surface area (TPSA) is 138 Å². The SMILES string of the molecule is CCCc1nn(C)c2c(=O)[nH]c(-c3cc(S(=O)(=O)n4cncn4)ccc3OCC)nc12. The summed E-state index contributed by atoms with van der Waals surface area (Å²) >= 11 is 0. The van der Waals surface area contributed by atoms with Gasteiger partial charge in [0.2, 0.25) is 0 Å². The molecule has 0 spiro atoms. The van der Waals surface area contributed by atoms with Crippen molar-refractivity contribution < 1.29 is 13.2 Å². The van der Waals surface area contributed by atoms with Gasteiger partial charge in [-0.25, -0.2) is 9.97 Å². The Bertz CT molecular complexity index is 1410. The molecule has 0 bridgehead atoms. The summed E-state index contributed by atoms with van der Waals surface area (Å²) in [5.74, 6) is 0.588. The van der Waals surface area contributed by atoms with Gasteiger partial charge in [0.05, 0.1) is 22.8 Å². The van der Waals surface area contributed by atoms with Crippen molar-refractivity contribution in [3.05, 3.63) is 46.9 Å². The third kappa shape index (κ3) is 3.58. The van der Waals surface area contributed by atoms with Gasteiger partial charge in [-0.1, -0.05) is 13.3 Å². The number of aromatic amines is 1. The van der Waals surface area contributed by atoms with E-state index in [-0.39, 0.29) is 16.3 Å². The highest BCUT2D eigenvalue weighted by molar-refractivity contribution is 7.89. The molecule has 0 saturated heterocycles. The fourth-order valence-corrected chi connectivity index (χ4v) is 4.41. The second-order valence-corrected chi connectivity index (χ2v) is 8.59. The number of H-pyrrole nitrogens is 1. The molecule has 0 saturated carbocycles. The third-order valence-electron chi connectivity index (χ3n) is 4.70. The highest BCUT2D eigenvalue weighted by atomic mass is 32.2. The molecule has 0 aliphatic rings. The van der Waals surface area contributed by atoms with E-state index in [0.717, 1.165) is 23.2 Å². The van der Waals surface area contributed by atoms with E-state index in [2.05, 4.69) is 25.1 Å². The van der Waals surface area contributed by atoms with Crippen LogP contribution in [0.1, 0.15) is 26.0 Å². The molecule has 162 valence electrons. The molecule has 3 aromatic heterocycles. The van der Waals surface area contributed by atoms with Crippen LogP contribution in [0.4, 0.5) is 0 Å². The van der Waals surface area contributed by atoms with E-state index in [1.807, 2.05) is 13.8 Å². The Morgan fingerprint density at radius 2 is 2.03 bits per heavy atom. The monoisotopic (exact) mass is 443 g/mol. The van der Waals surface area contributed by atoms with Gasteiger partial charge in [-0.15, -0.1) is 9.19 Å². The minimum Gasteiger partial charge on any atom is -0.493 e. The van der Waals surface area contributed by atoms with Gasteiger partial charge in [-0.05, 0) is 31.5 Å². The van der Waals surface area contributed by atoms with Crippen molar-refractivity contribution in [2.75, 3.05) is 6.61 Å². The Kier molecular flexibility index (Phi) is 5.31. The zero-order valence-corrected chi connectivity index (χ0v) is 18.0. The molecule has 4 aromatic rings. The lowest BCUT2D eigenvalue weighted by atomic mass is 10.1. The molecule has 4 rings (SSSR count). The van der Waals surface area contributed by atoms with Gasteiger partial charge in [0, 0.05) is 7.05 Å². The first-order chi connectivity index (χ1) is 14.9. The number of fused-ring (bicyclic) bond motifs is 1. The maximum absolute atomic E-state index is 12.9. The number of hydrogen-bond donors (Lipinski definition) is 1. The lowest BCUT2D eigenvalue weighted by Gasteiger charge is -2.12. The summed E-state index contributed by atoms with van der Waals surface area (Å²) in [7, 11) is -2.28. The predicted molar refractivity (Wildman–Crippen MR) is 112 cm³/mol. The molecular weight excluding hydrogens is 422 g/mol. The van der Waals surface area contributed by atoms with Crippen LogP contribution >= 0.6 is 0 Å². The molecule has 0 aliphatic carbocycles. The molecule has 11 nitrogen and oxygen atoms in total. The number of nitrogens with zero attached hydrogens (tertiary/aromatic N) is 6. The molecule has 3 heterocycles. The van der Waals surface area contributed by atoms with Crippen molar-refractivity contribution in [2.45, 2.75) is 31.6 Å². The zero-order valence-electron chi connectivity index (χ0n) is 17.2. The van der Waals surface area contributed by atoms with Crippen molar-refractivity contribution >= 4 is 21.1 Å². The highest BCUT2D eigenvalue weighted by Crippen LogP contribution is 2.31. The average molecular weight is 443 g/mol. The predicted octanol–water partition coefficient (Wildman–Crippen LogP) is 1.50. The van der Waals surface area contributed by atoms with E-state index in [0.29, 0.717) is 41.1 Å². The van der Waals surface area contributed by atoms with Gasteiger partial charge in [-0.3, -0.25) is 9.48 Å². The molecule has 0 radical (unpaired) electrons. The summed E-state index contributed by atoms with van der Waals surface area (Å²) in [6.07, 6.45) is 3.74. The molecule has 31 heavy (non-hydrogen) atoms. The van der Waals surface area contributed by atoms with Crippen molar-refractivity contribution in [2.24, 2.45) is 7.05 Å². The standard InChI is InChI=1S/C19H21N7O4S/c1-4-6-14-16-17(25(3)24-14)19(27)23-18(22-16)13-9-12(7-8-15(13)30-5-2)31(28,29)26-11-20-10-21-26/h7-11H,4-6H2,1-3H3,(H,22,23,27). The van der Waals surface area contributed by atoms with Crippen molar-refractivity contribution in [3.63, 3.8) is 0 Å². The summed E-state index contributed by atoms with van der Waals surface area (Å²) in [6, 6.07) is 4.35. The largest absolute Gasteiger partial charge is 0.493 e.